The predicted molar refractivity (Wildman–Crippen MR) is 123 cm³/mol. The van der Waals surface area contributed by atoms with Crippen molar-refractivity contribution < 1.29 is 0 Å². The molecule has 0 spiro atoms. The fraction of sp³-hybridized carbons (Fsp3) is 0.500. The van der Waals surface area contributed by atoms with Crippen LogP contribution in [0.4, 0.5) is 5.69 Å². The minimum atomic E-state index is 0. The van der Waals surface area contributed by atoms with Crippen LogP contribution in [0.15, 0.2) is 47.7 Å². The standard InChI is InChI=1S/C20H30N6.HI/c1-3-21-20(22-11-14-26-16-17(2)15-23-26)24-18-9-12-25(13-10-18)19-7-5-4-6-8-19;/h4-8,15-16,18H,3,9-14H2,1-2H3,(H2,21,22,24);1H. The predicted octanol–water partition coefficient (Wildman–Crippen LogP) is 3.03. The molecule has 1 aliphatic heterocycles. The van der Waals surface area contributed by atoms with E-state index in [4.69, 9.17) is 4.99 Å². The second kappa shape index (κ2) is 11.2. The van der Waals surface area contributed by atoms with Crippen LogP contribution in [0, 0.1) is 6.92 Å². The number of anilines is 1. The van der Waals surface area contributed by atoms with E-state index in [0.29, 0.717) is 6.04 Å². The highest BCUT2D eigenvalue weighted by atomic mass is 127. The zero-order chi connectivity index (χ0) is 18.2. The minimum Gasteiger partial charge on any atom is -0.371 e. The molecule has 2 heterocycles. The molecule has 1 fully saturated rings. The molecule has 0 radical (unpaired) electrons. The smallest absolute Gasteiger partial charge is 0.191 e. The summed E-state index contributed by atoms with van der Waals surface area (Å²) in [5.74, 6) is 0.912. The van der Waals surface area contributed by atoms with E-state index in [1.165, 1.54) is 11.3 Å². The van der Waals surface area contributed by atoms with Crippen molar-refractivity contribution in [2.75, 3.05) is 31.1 Å². The van der Waals surface area contributed by atoms with Gasteiger partial charge in [-0.1, -0.05) is 18.2 Å². The van der Waals surface area contributed by atoms with Crippen molar-refractivity contribution in [3.05, 3.63) is 48.3 Å². The van der Waals surface area contributed by atoms with Crippen LogP contribution in [-0.2, 0) is 6.54 Å². The van der Waals surface area contributed by atoms with Gasteiger partial charge < -0.3 is 15.5 Å². The molecule has 7 heteroatoms. The first-order valence-electron chi connectivity index (χ1n) is 9.58. The van der Waals surface area contributed by atoms with Crippen LogP contribution in [0.5, 0.6) is 0 Å². The summed E-state index contributed by atoms with van der Waals surface area (Å²) in [5.41, 5.74) is 2.50. The van der Waals surface area contributed by atoms with Gasteiger partial charge in [0, 0.05) is 37.6 Å². The van der Waals surface area contributed by atoms with Crippen LogP contribution in [0.3, 0.4) is 0 Å². The van der Waals surface area contributed by atoms with Crippen LogP contribution in [0.1, 0.15) is 25.3 Å². The maximum absolute atomic E-state index is 4.71. The fourth-order valence-corrected chi connectivity index (χ4v) is 3.29. The first kappa shape index (κ1) is 21.5. The number of hydrogen-bond acceptors (Lipinski definition) is 3. The van der Waals surface area contributed by atoms with Crippen molar-refractivity contribution in [3.8, 4) is 0 Å². The van der Waals surface area contributed by atoms with Gasteiger partial charge >= 0.3 is 0 Å². The van der Waals surface area contributed by atoms with Gasteiger partial charge in [-0.05, 0) is 44.4 Å². The van der Waals surface area contributed by atoms with E-state index in [-0.39, 0.29) is 24.0 Å². The van der Waals surface area contributed by atoms with Gasteiger partial charge in [-0.25, -0.2) is 0 Å². The molecular formula is C20H31IN6. The maximum Gasteiger partial charge on any atom is 0.191 e. The highest BCUT2D eigenvalue weighted by Gasteiger charge is 2.20. The molecule has 2 N–H and O–H groups in total. The number of aliphatic imine (C=N–C) groups is 1. The Labute approximate surface area is 179 Å². The molecular weight excluding hydrogens is 451 g/mol. The van der Waals surface area contributed by atoms with Crippen molar-refractivity contribution in [2.45, 2.75) is 39.3 Å². The van der Waals surface area contributed by atoms with E-state index < -0.39 is 0 Å². The molecule has 0 unspecified atom stereocenters. The molecule has 0 atom stereocenters. The van der Waals surface area contributed by atoms with Crippen molar-refractivity contribution in [1.29, 1.82) is 0 Å². The maximum atomic E-state index is 4.71. The van der Waals surface area contributed by atoms with Gasteiger partial charge in [-0.2, -0.15) is 5.10 Å². The topological polar surface area (TPSA) is 57.5 Å². The third-order valence-corrected chi connectivity index (χ3v) is 4.66. The quantitative estimate of drug-likeness (QED) is 0.378. The average Bonchev–Trinajstić information content (AvgIpc) is 3.08. The van der Waals surface area contributed by atoms with E-state index in [0.717, 1.165) is 51.5 Å². The van der Waals surface area contributed by atoms with Crippen LogP contribution < -0.4 is 15.5 Å². The molecule has 0 aliphatic carbocycles. The summed E-state index contributed by atoms with van der Waals surface area (Å²) in [5, 5.41) is 11.3. The summed E-state index contributed by atoms with van der Waals surface area (Å²) < 4.78 is 1.95. The Morgan fingerprint density at radius 3 is 2.59 bits per heavy atom. The molecule has 1 saturated heterocycles. The highest BCUT2D eigenvalue weighted by molar-refractivity contribution is 14.0. The van der Waals surface area contributed by atoms with Gasteiger partial charge in [0.25, 0.3) is 0 Å². The largest absolute Gasteiger partial charge is 0.371 e. The fourth-order valence-electron chi connectivity index (χ4n) is 3.29. The highest BCUT2D eigenvalue weighted by Crippen LogP contribution is 2.19. The Hall–Kier alpha value is -1.77. The summed E-state index contributed by atoms with van der Waals surface area (Å²) in [6, 6.07) is 11.1. The third-order valence-electron chi connectivity index (χ3n) is 4.66. The lowest BCUT2D eigenvalue weighted by Crippen LogP contribution is -2.48. The molecule has 3 rings (SSSR count). The number of aryl methyl sites for hydroxylation is 1. The molecule has 148 valence electrons. The van der Waals surface area contributed by atoms with Crippen LogP contribution >= 0.6 is 24.0 Å². The molecule has 6 nitrogen and oxygen atoms in total. The first-order valence-corrected chi connectivity index (χ1v) is 9.58. The molecule has 1 aromatic carbocycles. The molecule has 0 amide bonds. The van der Waals surface area contributed by atoms with Crippen molar-refractivity contribution in [2.24, 2.45) is 4.99 Å². The third kappa shape index (κ3) is 6.71. The lowest BCUT2D eigenvalue weighted by atomic mass is 10.0. The molecule has 1 aliphatic rings. The van der Waals surface area contributed by atoms with Crippen LogP contribution in [-0.4, -0.2) is 48.0 Å². The number of nitrogens with one attached hydrogen (secondary N) is 2. The monoisotopic (exact) mass is 482 g/mol. The van der Waals surface area contributed by atoms with Gasteiger partial charge in [0.1, 0.15) is 0 Å². The lowest BCUT2D eigenvalue weighted by molar-refractivity contribution is 0.461. The molecule has 1 aromatic heterocycles. The van der Waals surface area contributed by atoms with Gasteiger partial charge in [0.05, 0.1) is 19.3 Å². The summed E-state index contributed by atoms with van der Waals surface area (Å²) in [4.78, 5) is 7.17. The van der Waals surface area contributed by atoms with Crippen LogP contribution in [0.25, 0.3) is 0 Å². The van der Waals surface area contributed by atoms with Gasteiger partial charge in [0.15, 0.2) is 5.96 Å². The van der Waals surface area contributed by atoms with E-state index in [1.54, 1.807) is 0 Å². The summed E-state index contributed by atoms with van der Waals surface area (Å²) in [7, 11) is 0. The number of piperidine rings is 1. The number of benzene rings is 1. The Bertz CT molecular complexity index is 692. The number of hydrogen-bond donors (Lipinski definition) is 2. The molecule has 27 heavy (non-hydrogen) atoms. The zero-order valence-corrected chi connectivity index (χ0v) is 18.6. The number of para-hydroxylation sites is 1. The average molecular weight is 482 g/mol. The Morgan fingerprint density at radius 2 is 1.96 bits per heavy atom. The van der Waals surface area contributed by atoms with E-state index >= 15 is 0 Å². The van der Waals surface area contributed by atoms with E-state index in [1.807, 2.05) is 10.9 Å². The van der Waals surface area contributed by atoms with Crippen molar-refractivity contribution in [1.82, 2.24) is 20.4 Å². The number of guanidine groups is 1. The second-order valence-electron chi connectivity index (χ2n) is 6.78. The van der Waals surface area contributed by atoms with Crippen molar-refractivity contribution >= 4 is 35.6 Å². The van der Waals surface area contributed by atoms with Crippen LogP contribution in [0.2, 0.25) is 0 Å². The van der Waals surface area contributed by atoms with Gasteiger partial charge in [0.2, 0.25) is 0 Å². The number of halogens is 1. The Kier molecular flexibility index (Phi) is 8.90. The van der Waals surface area contributed by atoms with Crippen molar-refractivity contribution in [3.63, 3.8) is 0 Å². The first-order chi connectivity index (χ1) is 12.7. The van der Waals surface area contributed by atoms with Gasteiger partial charge in [-0.3, -0.25) is 9.67 Å². The SMILES string of the molecule is CCNC(=NCCn1cc(C)cn1)NC1CCN(c2ccccc2)CC1.I. The van der Waals surface area contributed by atoms with E-state index in [9.17, 15) is 0 Å². The Balaban J connectivity index is 0.00000261. The zero-order valence-electron chi connectivity index (χ0n) is 16.3. The molecule has 0 saturated carbocycles. The summed E-state index contributed by atoms with van der Waals surface area (Å²) >= 11 is 0. The molecule has 2 aromatic rings. The number of aromatic nitrogens is 2. The van der Waals surface area contributed by atoms with Gasteiger partial charge in [-0.15, -0.1) is 24.0 Å². The number of rotatable bonds is 6. The minimum absolute atomic E-state index is 0. The normalized spacial score (nSPS) is 15.3. The summed E-state index contributed by atoms with van der Waals surface area (Å²) in [6.45, 7) is 8.71. The van der Waals surface area contributed by atoms with E-state index in [2.05, 4.69) is 71.0 Å². The molecule has 0 bridgehead atoms. The summed E-state index contributed by atoms with van der Waals surface area (Å²) in [6.07, 6.45) is 6.18. The number of nitrogens with zero attached hydrogens (tertiary/aromatic N) is 4. The Morgan fingerprint density at radius 1 is 1.22 bits per heavy atom. The second-order valence-corrected chi connectivity index (χ2v) is 6.78. The lowest BCUT2D eigenvalue weighted by Gasteiger charge is -2.34.